The van der Waals surface area contributed by atoms with E-state index in [1.165, 1.54) is 6.42 Å². The molecule has 4 aromatic rings. The molecule has 0 bridgehead atoms. The van der Waals surface area contributed by atoms with E-state index in [-0.39, 0.29) is 17.2 Å². The van der Waals surface area contributed by atoms with Crippen LogP contribution in [0, 0.1) is 0 Å². The van der Waals surface area contributed by atoms with Crippen LogP contribution in [0.5, 0.6) is 0 Å². The van der Waals surface area contributed by atoms with Crippen molar-refractivity contribution in [3.8, 4) is 0 Å². The summed E-state index contributed by atoms with van der Waals surface area (Å²) in [6.45, 7) is 9.84. The molecule has 2 amide bonds. The van der Waals surface area contributed by atoms with Crippen molar-refractivity contribution in [2.45, 2.75) is 58.5 Å². The summed E-state index contributed by atoms with van der Waals surface area (Å²) in [5.74, 6) is -0.0449. The van der Waals surface area contributed by atoms with Crippen molar-refractivity contribution in [3.63, 3.8) is 0 Å². The van der Waals surface area contributed by atoms with Gasteiger partial charge in [0.15, 0.2) is 0 Å². The fourth-order valence-corrected chi connectivity index (χ4v) is 6.12. The lowest BCUT2D eigenvalue weighted by Crippen LogP contribution is -2.37. The third kappa shape index (κ3) is 5.88. The van der Waals surface area contributed by atoms with Crippen molar-refractivity contribution in [2.75, 3.05) is 35.2 Å². The molecule has 216 valence electrons. The molecule has 3 heterocycles. The molecule has 7 heteroatoms. The Morgan fingerprint density at radius 2 is 1.76 bits per heavy atom. The summed E-state index contributed by atoms with van der Waals surface area (Å²) < 4.78 is 0. The van der Waals surface area contributed by atoms with Crippen LogP contribution in [-0.4, -0.2) is 41.3 Å². The van der Waals surface area contributed by atoms with Gasteiger partial charge in [0.2, 0.25) is 5.91 Å². The van der Waals surface area contributed by atoms with Crippen LogP contribution in [0.4, 0.5) is 17.1 Å². The Balaban J connectivity index is 1.22. The van der Waals surface area contributed by atoms with Crippen LogP contribution in [0.15, 0.2) is 72.9 Å². The van der Waals surface area contributed by atoms with Crippen molar-refractivity contribution in [3.05, 3.63) is 95.2 Å². The Kier molecular flexibility index (Phi) is 7.69. The van der Waals surface area contributed by atoms with Gasteiger partial charge < -0.3 is 15.5 Å². The van der Waals surface area contributed by atoms with E-state index in [1.54, 1.807) is 6.20 Å². The molecule has 0 atom stereocenters. The van der Waals surface area contributed by atoms with Crippen LogP contribution in [0.2, 0.25) is 0 Å². The van der Waals surface area contributed by atoms with Crippen LogP contribution in [-0.2, 0) is 23.3 Å². The van der Waals surface area contributed by atoms with Gasteiger partial charge in [0, 0.05) is 35.2 Å². The number of nitrogens with one attached hydrogen (secondary N) is 2. The van der Waals surface area contributed by atoms with Gasteiger partial charge in [-0.3, -0.25) is 19.5 Å². The molecule has 0 saturated carbocycles. The number of piperidine rings is 1. The quantitative estimate of drug-likeness (QED) is 0.262. The third-order valence-corrected chi connectivity index (χ3v) is 8.30. The zero-order chi connectivity index (χ0) is 29.3. The molecule has 2 aliphatic rings. The van der Waals surface area contributed by atoms with Crippen LogP contribution in [0.1, 0.15) is 67.1 Å². The Labute approximate surface area is 247 Å². The van der Waals surface area contributed by atoms with Gasteiger partial charge in [0.1, 0.15) is 0 Å². The van der Waals surface area contributed by atoms with Crippen LogP contribution >= 0.6 is 0 Å². The number of carbonyl (C=O) groups excluding carboxylic acids is 2. The molecular formula is C35H39N5O2. The summed E-state index contributed by atoms with van der Waals surface area (Å²) >= 11 is 0. The number of benzene rings is 3. The van der Waals surface area contributed by atoms with E-state index >= 15 is 0 Å². The van der Waals surface area contributed by atoms with Gasteiger partial charge in [0.25, 0.3) is 5.91 Å². The number of likely N-dealkylation sites (tertiary alicyclic amines) is 1. The van der Waals surface area contributed by atoms with E-state index in [4.69, 9.17) is 0 Å². The average molecular weight is 562 g/mol. The molecular weight excluding hydrogens is 522 g/mol. The molecule has 0 aliphatic carbocycles. The fraction of sp³-hybridized carbons (Fsp3) is 0.343. The number of carbonyl (C=O) groups is 2. The molecule has 1 saturated heterocycles. The second-order valence-electron chi connectivity index (χ2n) is 12.5. The van der Waals surface area contributed by atoms with Gasteiger partial charge >= 0.3 is 0 Å². The number of aromatic nitrogens is 1. The fourth-order valence-electron chi connectivity index (χ4n) is 6.12. The van der Waals surface area contributed by atoms with E-state index in [9.17, 15) is 9.59 Å². The highest BCUT2D eigenvalue weighted by atomic mass is 16.2. The van der Waals surface area contributed by atoms with Gasteiger partial charge in [-0.15, -0.1) is 0 Å². The minimum atomic E-state index is -0.167. The molecule has 0 radical (unpaired) electrons. The number of hydrogen-bond donors (Lipinski definition) is 2. The SMILES string of the molecule is CC(C)(C)c1ccc(N2Cc3cccc(NCc4ccc5ncccc5c4)c3C2=O)cc1NC(=O)CN1CCCCC1. The number of pyridine rings is 1. The minimum absolute atomic E-state index is 0.00783. The number of amides is 2. The minimum Gasteiger partial charge on any atom is -0.380 e. The predicted octanol–water partition coefficient (Wildman–Crippen LogP) is 6.73. The molecule has 3 aromatic carbocycles. The number of hydrogen-bond acceptors (Lipinski definition) is 5. The van der Waals surface area contributed by atoms with Gasteiger partial charge in [0.05, 0.1) is 24.2 Å². The topological polar surface area (TPSA) is 77.6 Å². The summed E-state index contributed by atoms with van der Waals surface area (Å²) in [4.78, 5) is 35.4. The highest BCUT2D eigenvalue weighted by Crippen LogP contribution is 2.37. The maximum absolute atomic E-state index is 13.9. The summed E-state index contributed by atoms with van der Waals surface area (Å²) in [5.41, 5.74) is 7.05. The summed E-state index contributed by atoms with van der Waals surface area (Å²) in [7, 11) is 0. The van der Waals surface area contributed by atoms with Gasteiger partial charge in [-0.25, -0.2) is 0 Å². The summed E-state index contributed by atoms with van der Waals surface area (Å²) in [5, 5.41) is 7.79. The molecule has 6 rings (SSSR count). The normalized spacial score (nSPS) is 15.6. The van der Waals surface area contributed by atoms with Crippen LogP contribution < -0.4 is 15.5 Å². The molecule has 2 aliphatic heterocycles. The number of anilines is 3. The largest absolute Gasteiger partial charge is 0.380 e. The first-order valence-electron chi connectivity index (χ1n) is 14.9. The monoisotopic (exact) mass is 561 g/mol. The number of rotatable bonds is 7. The molecule has 7 nitrogen and oxygen atoms in total. The standard InChI is InChI=1S/C35H39N5O2/c1-35(2,3)28-14-13-27(20-31(28)38-32(41)23-39-17-5-4-6-18-39)40-22-26-9-7-11-30(33(26)34(40)42)37-21-24-12-15-29-25(19-24)10-8-16-36-29/h7-16,19-20,37H,4-6,17-18,21-23H2,1-3H3,(H,38,41). The predicted molar refractivity (Wildman–Crippen MR) is 170 cm³/mol. The van der Waals surface area contributed by atoms with Crippen LogP contribution in [0.25, 0.3) is 10.9 Å². The molecule has 1 aromatic heterocycles. The first-order chi connectivity index (χ1) is 20.3. The maximum Gasteiger partial charge on any atom is 0.261 e. The lowest BCUT2D eigenvalue weighted by atomic mass is 9.85. The third-order valence-electron chi connectivity index (χ3n) is 8.30. The lowest BCUT2D eigenvalue weighted by molar-refractivity contribution is -0.117. The first kappa shape index (κ1) is 27.9. The van der Waals surface area contributed by atoms with E-state index in [2.05, 4.69) is 65.6 Å². The smallest absolute Gasteiger partial charge is 0.261 e. The summed E-state index contributed by atoms with van der Waals surface area (Å²) in [6.07, 6.45) is 5.32. The van der Waals surface area contributed by atoms with E-state index in [1.807, 2.05) is 47.4 Å². The second kappa shape index (κ2) is 11.6. The van der Waals surface area contributed by atoms with Gasteiger partial charge in [-0.05, 0) is 84.4 Å². The Morgan fingerprint density at radius 1 is 0.929 bits per heavy atom. The van der Waals surface area contributed by atoms with E-state index in [0.29, 0.717) is 25.2 Å². The van der Waals surface area contributed by atoms with Crippen molar-refractivity contribution in [1.29, 1.82) is 0 Å². The first-order valence-corrected chi connectivity index (χ1v) is 14.9. The highest BCUT2D eigenvalue weighted by Gasteiger charge is 2.32. The highest BCUT2D eigenvalue weighted by molar-refractivity contribution is 6.13. The Hall–Kier alpha value is -4.23. The number of fused-ring (bicyclic) bond motifs is 2. The van der Waals surface area contributed by atoms with Crippen molar-refractivity contribution in [2.24, 2.45) is 0 Å². The zero-order valence-corrected chi connectivity index (χ0v) is 24.7. The average Bonchev–Trinajstić information content (AvgIpc) is 3.32. The van der Waals surface area contributed by atoms with Crippen molar-refractivity contribution >= 4 is 39.8 Å². The summed E-state index contributed by atoms with van der Waals surface area (Å²) in [6, 6.07) is 22.2. The molecule has 0 unspecified atom stereocenters. The van der Waals surface area contributed by atoms with Gasteiger partial charge in [-0.1, -0.05) is 57.5 Å². The van der Waals surface area contributed by atoms with Crippen molar-refractivity contribution in [1.82, 2.24) is 9.88 Å². The molecule has 0 spiro atoms. The Morgan fingerprint density at radius 3 is 2.57 bits per heavy atom. The van der Waals surface area contributed by atoms with Crippen molar-refractivity contribution < 1.29 is 9.59 Å². The maximum atomic E-state index is 13.9. The zero-order valence-electron chi connectivity index (χ0n) is 24.7. The Bertz CT molecular complexity index is 1630. The van der Waals surface area contributed by atoms with E-state index < -0.39 is 0 Å². The molecule has 2 N–H and O–H groups in total. The second-order valence-corrected chi connectivity index (χ2v) is 12.5. The molecule has 1 fully saturated rings. The number of nitrogens with zero attached hydrogens (tertiary/aromatic N) is 3. The van der Waals surface area contributed by atoms with E-state index in [0.717, 1.165) is 70.6 Å². The lowest BCUT2D eigenvalue weighted by Gasteiger charge is -2.28. The van der Waals surface area contributed by atoms with Crippen LogP contribution in [0.3, 0.4) is 0 Å². The molecule has 42 heavy (non-hydrogen) atoms. The van der Waals surface area contributed by atoms with Gasteiger partial charge in [-0.2, -0.15) is 0 Å².